The normalized spacial score (nSPS) is 15.4. The monoisotopic (exact) mass is 477 g/mol. The van der Waals surface area contributed by atoms with Crippen molar-refractivity contribution in [3.63, 3.8) is 0 Å². The fourth-order valence-electron chi connectivity index (χ4n) is 3.49. The number of carbonyl (C=O) groups excluding carboxylic acids is 4. The average molecular weight is 478 g/mol. The molecule has 4 amide bonds. The highest BCUT2D eigenvalue weighted by molar-refractivity contribution is 8.00. The van der Waals surface area contributed by atoms with Crippen LogP contribution >= 0.6 is 11.8 Å². The average Bonchev–Trinajstić information content (AvgIpc) is 3.08. The highest BCUT2D eigenvalue weighted by atomic mass is 32.2. The number of halogens is 1. The van der Waals surface area contributed by atoms with E-state index in [-0.39, 0.29) is 29.7 Å². The molecule has 0 spiro atoms. The minimum Gasteiger partial charge on any atom is -0.326 e. The zero-order chi connectivity index (χ0) is 24.2. The first kappa shape index (κ1) is 23.2. The first-order valence-electron chi connectivity index (χ1n) is 10.4. The van der Waals surface area contributed by atoms with E-state index in [1.54, 1.807) is 54.6 Å². The second kappa shape index (κ2) is 9.88. The van der Waals surface area contributed by atoms with Crippen LogP contribution in [-0.2, 0) is 14.4 Å². The molecule has 2 N–H and O–H groups in total. The van der Waals surface area contributed by atoms with Gasteiger partial charge < -0.3 is 10.6 Å². The number of carbonyl (C=O) groups is 4. The van der Waals surface area contributed by atoms with Gasteiger partial charge in [0, 0.05) is 29.6 Å². The molecule has 1 fully saturated rings. The van der Waals surface area contributed by atoms with Crippen LogP contribution < -0.4 is 15.5 Å². The Morgan fingerprint density at radius 1 is 0.912 bits per heavy atom. The Morgan fingerprint density at radius 3 is 2.18 bits per heavy atom. The summed E-state index contributed by atoms with van der Waals surface area (Å²) in [6, 6.07) is 19.0. The molecule has 1 unspecified atom stereocenters. The third-order valence-corrected chi connectivity index (χ3v) is 6.26. The van der Waals surface area contributed by atoms with Gasteiger partial charge in [0.1, 0.15) is 5.82 Å². The Bertz CT molecular complexity index is 1260. The standard InChI is InChI=1S/C25H20FN3O4S/c1-15(30)27-16-6-10-18(11-7-16)29-23(31)14-22(25(29)33)34-19-12-8-17(9-13-19)28-24(32)20-4-2-3-5-21(20)26/h2-13,22H,14H2,1H3,(H,27,30)(H,28,32). The molecule has 1 heterocycles. The first-order chi connectivity index (χ1) is 16.3. The minimum absolute atomic E-state index is 0.0544. The molecule has 34 heavy (non-hydrogen) atoms. The summed E-state index contributed by atoms with van der Waals surface area (Å²) in [7, 11) is 0. The van der Waals surface area contributed by atoms with Crippen molar-refractivity contribution in [2.45, 2.75) is 23.5 Å². The van der Waals surface area contributed by atoms with Crippen LogP contribution in [0.4, 0.5) is 21.5 Å². The highest BCUT2D eigenvalue weighted by Gasteiger charge is 2.40. The lowest BCUT2D eigenvalue weighted by Crippen LogP contribution is -2.31. The highest BCUT2D eigenvalue weighted by Crippen LogP contribution is 2.34. The number of hydrogen-bond donors (Lipinski definition) is 2. The van der Waals surface area contributed by atoms with Gasteiger partial charge in [0.05, 0.1) is 16.5 Å². The second-order valence-electron chi connectivity index (χ2n) is 7.56. The van der Waals surface area contributed by atoms with Crippen LogP contribution in [0.15, 0.2) is 77.7 Å². The van der Waals surface area contributed by atoms with Gasteiger partial charge in [0.25, 0.3) is 5.91 Å². The molecule has 0 bridgehead atoms. The number of thioether (sulfide) groups is 1. The maximum absolute atomic E-state index is 13.8. The van der Waals surface area contributed by atoms with Crippen LogP contribution in [0, 0.1) is 5.82 Å². The van der Waals surface area contributed by atoms with Crippen LogP contribution in [0.3, 0.4) is 0 Å². The first-order valence-corrected chi connectivity index (χ1v) is 11.3. The van der Waals surface area contributed by atoms with Gasteiger partial charge in [0.15, 0.2) is 0 Å². The van der Waals surface area contributed by atoms with Crippen LogP contribution in [0.1, 0.15) is 23.7 Å². The number of rotatable bonds is 6. The Morgan fingerprint density at radius 2 is 1.53 bits per heavy atom. The van der Waals surface area contributed by atoms with E-state index in [9.17, 15) is 23.6 Å². The lowest BCUT2D eigenvalue weighted by atomic mass is 10.2. The van der Waals surface area contributed by atoms with Gasteiger partial charge in [-0.25, -0.2) is 9.29 Å². The van der Waals surface area contributed by atoms with E-state index < -0.39 is 17.0 Å². The number of amides is 4. The molecule has 0 aliphatic carbocycles. The van der Waals surface area contributed by atoms with Crippen LogP contribution in [-0.4, -0.2) is 28.9 Å². The van der Waals surface area contributed by atoms with E-state index in [0.29, 0.717) is 17.1 Å². The summed E-state index contributed by atoms with van der Waals surface area (Å²) in [6.07, 6.45) is 0.0583. The van der Waals surface area contributed by atoms with Gasteiger partial charge in [-0.05, 0) is 60.7 Å². The summed E-state index contributed by atoms with van der Waals surface area (Å²) >= 11 is 1.26. The van der Waals surface area contributed by atoms with Crippen molar-refractivity contribution >= 4 is 52.5 Å². The van der Waals surface area contributed by atoms with E-state index in [1.165, 1.54) is 36.9 Å². The van der Waals surface area contributed by atoms with Crippen molar-refractivity contribution < 1.29 is 23.6 Å². The predicted molar refractivity (Wildman–Crippen MR) is 128 cm³/mol. The zero-order valence-electron chi connectivity index (χ0n) is 18.1. The predicted octanol–water partition coefficient (Wildman–Crippen LogP) is 4.46. The topological polar surface area (TPSA) is 95.6 Å². The third-order valence-electron chi connectivity index (χ3n) is 5.06. The van der Waals surface area contributed by atoms with Gasteiger partial charge >= 0.3 is 0 Å². The molecule has 1 aliphatic heterocycles. The van der Waals surface area contributed by atoms with E-state index in [2.05, 4.69) is 10.6 Å². The third kappa shape index (κ3) is 5.15. The number of nitrogens with zero attached hydrogens (tertiary/aromatic N) is 1. The molecule has 0 radical (unpaired) electrons. The van der Waals surface area contributed by atoms with Gasteiger partial charge in [-0.2, -0.15) is 0 Å². The number of anilines is 3. The molecule has 1 aliphatic rings. The largest absolute Gasteiger partial charge is 0.326 e. The lowest BCUT2D eigenvalue weighted by molar-refractivity contribution is -0.121. The van der Waals surface area contributed by atoms with E-state index in [4.69, 9.17) is 0 Å². The molecule has 0 saturated carbocycles. The van der Waals surface area contributed by atoms with E-state index >= 15 is 0 Å². The van der Waals surface area contributed by atoms with Crippen molar-refractivity contribution in [3.05, 3.63) is 84.2 Å². The summed E-state index contributed by atoms with van der Waals surface area (Å²) in [6.45, 7) is 1.40. The van der Waals surface area contributed by atoms with Crippen LogP contribution in [0.2, 0.25) is 0 Å². The molecule has 7 nitrogen and oxygen atoms in total. The summed E-state index contributed by atoms with van der Waals surface area (Å²) in [4.78, 5) is 50.8. The van der Waals surface area contributed by atoms with Gasteiger partial charge in [-0.3, -0.25) is 19.2 Å². The van der Waals surface area contributed by atoms with Crippen LogP contribution in [0.5, 0.6) is 0 Å². The summed E-state index contributed by atoms with van der Waals surface area (Å²) < 4.78 is 13.8. The number of benzene rings is 3. The smallest absolute Gasteiger partial charge is 0.258 e. The molecule has 3 aromatic rings. The summed E-state index contributed by atoms with van der Waals surface area (Å²) in [5.74, 6) is -2.00. The van der Waals surface area contributed by atoms with Crippen molar-refractivity contribution in [1.29, 1.82) is 0 Å². The SMILES string of the molecule is CC(=O)Nc1ccc(N2C(=O)CC(Sc3ccc(NC(=O)c4ccccc4F)cc3)C2=O)cc1. The summed E-state index contributed by atoms with van der Waals surface area (Å²) in [5, 5.41) is 4.69. The molecule has 0 aromatic heterocycles. The quantitative estimate of drug-likeness (QED) is 0.511. The zero-order valence-corrected chi connectivity index (χ0v) is 18.9. The molecule has 9 heteroatoms. The van der Waals surface area contributed by atoms with Crippen molar-refractivity contribution in [2.75, 3.05) is 15.5 Å². The second-order valence-corrected chi connectivity index (χ2v) is 8.84. The van der Waals surface area contributed by atoms with Crippen molar-refractivity contribution in [1.82, 2.24) is 0 Å². The minimum atomic E-state index is -0.606. The van der Waals surface area contributed by atoms with E-state index in [0.717, 1.165) is 9.80 Å². The molecular weight excluding hydrogens is 457 g/mol. The van der Waals surface area contributed by atoms with Crippen molar-refractivity contribution in [2.24, 2.45) is 0 Å². The number of nitrogens with one attached hydrogen (secondary N) is 2. The summed E-state index contributed by atoms with van der Waals surface area (Å²) in [5.41, 5.74) is 1.44. The number of imide groups is 1. The lowest BCUT2D eigenvalue weighted by Gasteiger charge is -2.15. The Balaban J connectivity index is 1.40. The van der Waals surface area contributed by atoms with Gasteiger partial charge in [-0.15, -0.1) is 11.8 Å². The van der Waals surface area contributed by atoms with E-state index in [1.807, 2.05) is 0 Å². The molecule has 3 aromatic carbocycles. The maximum atomic E-state index is 13.8. The Labute approximate surface area is 199 Å². The van der Waals surface area contributed by atoms with Gasteiger partial charge in [0.2, 0.25) is 17.7 Å². The van der Waals surface area contributed by atoms with Gasteiger partial charge in [-0.1, -0.05) is 12.1 Å². The maximum Gasteiger partial charge on any atom is 0.258 e. The van der Waals surface area contributed by atoms with Crippen molar-refractivity contribution in [3.8, 4) is 0 Å². The molecular formula is C25H20FN3O4S. The fraction of sp³-hybridized carbons (Fsp3) is 0.120. The molecule has 4 rings (SSSR count). The fourth-order valence-corrected chi connectivity index (χ4v) is 4.54. The number of hydrogen-bond acceptors (Lipinski definition) is 5. The van der Waals surface area contributed by atoms with Crippen LogP contribution in [0.25, 0.3) is 0 Å². The molecule has 1 atom stereocenters. The molecule has 1 saturated heterocycles. The molecule has 172 valence electrons. The Hall–Kier alpha value is -3.98. The Kier molecular flexibility index (Phi) is 6.74.